The smallest absolute Gasteiger partial charge is 0.251 e. The van der Waals surface area contributed by atoms with E-state index < -0.39 is 5.82 Å². The van der Waals surface area contributed by atoms with Gasteiger partial charge in [0.1, 0.15) is 5.82 Å². The third-order valence-electron chi connectivity index (χ3n) is 2.85. The normalized spacial score (nSPS) is 11.9. The molecule has 2 aromatic rings. The Hall–Kier alpha value is -2.36. The molecule has 0 bridgehead atoms. The van der Waals surface area contributed by atoms with E-state index in [1.807, 2.05) is 19.1 Å². The highest BCUT2D eigenvalue weighted by Crippen LogP contribution is 2.16. The lowest BCUT2D eigenvalue weighted by atomic mass is 10.1. The molecule has 0 heterocycles. The Kier molecular flexibility index (Phi) is 3.80. The Bertz CT molecular complexity index is 598. The third-order valence-corrected chi connectivity index (χ3v) is 2.85. The van der Waals surface area contributed by atoms with E-state index in [9.17, 15) is 9.18 Å². The van der Waals surface area contributed by atoms with Crippen LogP contribution < -0.4 is 11.1 Å². The first-order valence-electron chi connectivity index (χ1n) is 5.98. The van der Waals surface area contributed by atoms with Gasteiger partial charge in [-0.1, -0.05) is 18.2 Å². The number of hydrogen-bond acceptors (Lipinski definition) is 2. The molecule has 0 radical (unpaired) electrons. The fourth-order valence-electron chi connectivity index (χ4n) is 1.82. The fraction of sp³-hybridized carbons (Fsp3) is 0.133. The number of carbonyl (C=O) groups excluding carboxylic acids is 1. The molecule has 0 aliphatic heterocycles. The first-order chi connectivity index (χ1) is 9.06. The molecule has 1 unspecified atom stereocenters. The van der Waals surface area contributed by atoms with E-state index in [1.165, 1.54) is 18.2 Å². The molecule has 0 fully saturated rings. The summed E-state index contributed by atoms with van der Waals surface area (Å²) in [4.78, 5) is 12.0. The van der Waals surface area contributed by atoms with E-state index >= 15 is 0 Å². The lowest BCUT2D eigenvalue weighted by Crippen LogP contribution is -2.26. The zero-order valence-corrected chi connectivity index (χ0v) is 10.6. The molecule has 0 saturated carbocycles. The summed E-state index contributed by atoms with van der Waals surface area (Å²) in [6, 6.07) is 12.7. The molecule has 3 nitrogen and oxygen atoms in total. The number of benzene rings is 2. The van der Waals surface area contributed by atoms with Crippen molar-refractivity contribution in [1.82, 2.24) is 5.32 Å². The van der Waals surface area contributed by atoms with E-state index in [2.05, 4.69) is 5.32 Å². The van der Waals surface area contributed by atoms with Gasteiger partial charge in [-0.25, -0.2) is 4.39 Å². The van der Waals surface area contributed by atoms with Crippen LogP contribution in [0.1, 0.15) is 28.9 Å². The number of halogens is 1. The van der Waals surface area contributed by atoms with E-state index in [-0.39, 0.29) is 11.9 Å². The maximum Gasteiger partial charge on any atom is 0.251 e. The van der Waals surface area contributed by atoms with Gasteiger partial charge in [0.25, 0.3) is 5.91 Å². The van der Waals surface area contributed by atoms with Crippen molar-refractivity contribution in [3.8, 4) is 0 Å². The van der Waals surface area contributed by atoms with Crippen molar-refractivity contribution >= 4 is 11.6 Å². The van der Waals surface area contributed by atoms with Crippen LogP contribution in [0.2, 0.25) is 0 Å². The van der Waals surface area contributed by atoms with Crippen molar-refractivity contribution < 1.29 is 9.18 Å². The van der Waals surface area contributed by atoms with Crippen LogP contribution in [0, 0.1) is 5.82 Å². The summed E-state index contributed by atoms with van der Waals surface area (Å²) in [5.74, 6) is -0.737. The lowest BCUT2D eigenvalue weighted by Gasteiger charge is -2.14. The lowest BCUT2D eigenvalue weighted by molar-refractivity contribution is 0.0939. The van der Waals surface area contributed by atoms with E-state index in [0.717, 1.165) is 5.56 Å². The molecule has 1 atom stereocenters. The Balaban J connectivity index is 2.11. The second-order valence-electron chi connectivity index (χ2n) is 4.38. The van der Waals surface area contributed by atoms with Crippen LogP contribution in [-0.4, -0.2) is 5.91 Å². The summed E-state index contributed by atoms with van der Waals surface area (Å²) < 4.78 is 13.0. The molecule has 3 N–H and O–H groups in total. The monoisotopic (exact) mass is 258 g/mol. The van der Waals surface area contributed by atoms with Crippen LogP contribution in [0.25, 0.3) is 0 Å². The summed E-state index contributed by atoms with van der Waals surface area (Å²) in [5, 5.41) is 2.81. The molecular weight excluding hydrogens is 243 g/mol. The van der Waals surface area contributed by atoms with Crippen molar-refractivity contribution in [2.24, 2.45) is 0 Å². The Morgan fingerprint density at radius 2 is 1.95 bits per heavy atom. The molecule has 0 aliphatic rings. The molecule has 98 valence electrons. The third kappa shape index (κ3) is 3.31. The van der Waals surface area contributed by atoms with Crippen molar-refractivity contribution in [2.45, 2.75) is 13.0 Å². The van der Waals surface area contributed by atoms with Crippen LogP contribution in [0.15, 0.2) is 48.5 Å². The maximum absolute atomic E-state index is 13.0. The van der Waals surface area contributed by atoms with Crippen LogP contribution >= 0.6 is 0 Å². The first kappa shape index (κ1) is 13.1. The number of nitrogen functional groups attached to an aromatic ring is 1. The fourth-order valence-corrected chi connectivity index (χ4v) is 1.82. The number of nitrogens with two attached hydrogens (primary N) is 1. The summed E-state index contributed by atoms with van der Waals surface area (Å²) in [6.07, 6.45) is 0. The molecule has 19 heavy (non-hydrogen) atoms. The number of amides is 1. The van der Waals surface area contributed by atoms with Crippen molar-refractivity contribution in [3.63, 3.8) is 0 Å². The minimum Gasteiger partial charge on any atom is -0.399 e. The number of rotatable bonds is 3. The van der Waals surface area contributed by atoms with Crippen molar-refractivity contribution in [1.29, 1.82) is 0 Å². The average molecular weight is 258 g/mol. The van der Waals surface area contributed by atoms with Gasteiger partial charge in [-0.3, -0.25) is 4.79 Å². The largest absolute Gasteiger partial charge is 0.399 e. The van der Waals surface area contributed by atoms with Crippen molar-refractivity contribution in [2.75, 3.05) is 5.73 Å². The first-order valence-corrected chi connectivity index (χ1v) is 5.98. The standard InChI is InChI=1S/C15H15FN2O/c1-10(11-4-3-7-14(17)9-11)18-15(19)12-5-2-6-13(16)8-12/h2-10H,17H2,1H3,(H,18,19). The summed E-state index contributed by atoms with van der Waals surface area (Å²) in [5.41, 5.74) is 7.55. The van der Waals surface area contributed by atoms with E-state index in [1.54, 1.807) is 18.2 Å². The van der Waals surface area contributed by atoms with Gasteiger partial charge in [0.2, 0.25) is 0 Å². The van der Waals surface area contributed by atoms with Gasteiger partial charge in [0.15, 0.2) is 0 Å². The highest BCUT2D eigenvalue weighted by Gasteiger charge is 2.11. The van der Waals surface area contributed by atoms with Gasteiger partial charge >= 0.3 is 0 Å². The molecule has 2 aromatic carbocycles. The summed E-state index contributed by atoms with van der Waals surface area (Å²) in [7, 11) is 0. The number of nitrogens with one attached hydrogen (secondary N) is 1. The molecule has 0 spiro atoms. The van der Waals surface area contributed by atoms with Gasteiger partial charge in [-0.05, 0) is 42.8 Å². The van der Waals surface area contributed by atoms with Gasteiger partial charge < -0.3 is 11.1 Å². The van der Waals surface area contributed by atoms with Crippen LogP contribution in [0.5, 0.6) is 0 Å². The summed E-state index contributed by atoms with van der Waals surface area (Å²) >= 11 is 0. The van der Waals surface area contributed by atoms with E-state index in [0.29, 0.717) is 11.3 Å². The average Bonchev–Trinajstić information content (AvgIpc) is 2.38. The minimum atomic E-state index is -0.427. The molecule has 2 rings (SSSR count). The van der Waals surface area contributed by atoms with Crippen LogP contribution in [0.4, 0.5) is 10.1 Å². The van der Waals surface area contributed by atoms with Gasteiger partial charge in [-0.2, -0.15) is 0 Å². The van der Waals surface area contributed by atoms with Gasteiger partial charge in [0, 0.05) is 11.3 Å². The topological polar surface area (TPSA) is 55.1 Å². The Morgan fingerprint density at radius 3 is 2.63 bits per heavy atom. The molecular formula is C15H15FN2O. The minimum absolute atomic E-state index is 0.195. The molecule has 0 saturated heterocycles. The molecule has 0 aliphatic carbocycles. The highest BCUT2D eigenvalue weighted by molar-refractivity contribution is 5.94. The SMILES string of the molecule is CC(NC(=O)c1cccc(F)c1)c1cccc(N)c1. The number of hydrogen-bond donors (Lipinski definition) is 2. The second kappa shape index (κ2) is 5.52. The van der Waals surface area contributed by atoms with E-state index in [4.69, 9.17) is 5.73 Å². The second-order valence-corrected chi connectivity index (χ2v) is 4.38. The van der Waals surface area contributed by atoms with Crippen LogP contribution in [0.3, 0.4) is 0 Å². The Morgan fingerprint density at radius 1 is 1.21 bits per heavy atom. The molecule has 1 amide bonds. The predicted molar refractivity (Wildman–Crippen MR) is 73.1 cm³/mol. The number of anilines is 1. The van der Waals surface area contributed by atoms with Crippen LogP contribution in [-0.2, 0) is 0 Å². The van der Waals surface area contributed by atoms with Gasteiger partial charge in [0.05, 0.1) is 6.04 Å². The zero-order valence-electron chi connectivity index (χ0n) is 10.6. The maximum atomic E-state index is 13.0. The highest BCUT2D eigenvalue weighted by atomic mass is 19.1. The van der Waals surface area contributed by atoms with Gasteiger partial charge in [-0.15, -0.1) is 0 Å². The molecule has 4 heteroatoms. The summed E-state index contributed by atoms with van der Waals surface area (Å²) in [6.45, 7) is 1.85. The molecule has 0 aromatic heterocycles. The van der Waals surface area contributed by atoms with Crippen molar-refractivity contribution in [3.05, 3.63) is 65.5 Å². The zero-order chi connectivity index (χ0) is 13.8. The quantitative estimate of drug-likeness (QED) is 0.832. The Labute approximate surface area is 111 Å². The number of carbonyl (C=O) groups is 1. The predicted octanol–water partition coefficient (Wildman–Crippen LogP) is 2.90.